The Balaban J connectivity index is 2.99. The number of carboxylic acids is 1. The van der Waals surface area contributed by atoms with Gasteiger partial charge in [-0.15, -0.1) is 10.1 Å². The van der Waals surface area contributed by atoms with Crippen molar-refractivity contribution in [3.8, 4) is 5.75 Å². The SMILES string of the molecule is CC(=O)Oc1ccc(CO[N+](=O)[O-])cc1C(=O)O. The summed E-state index contributed by atoms with van der Waals surface area (Å²) in [6, 6.07) is 3.75. The number of ether oxygens (including phenoxy) is 1. The Morgan fingerprint density at radius 1 is 1.44 bits per heavy atom. The van der Waals surface area contributed by atoms with Crippen molar-refractivity contribution in [3.63, 3.8) is 0 Å². The monoisotopic (exact) mass is 255 g/mol. The molecule has 0 spiro atoms. The zero-order chi connectivity index (χ0) is 13.7. The lowest BCUT2D eigenvalue weighted by Gasteiger charge is -2.07. The van der Waals surface area contributed by atoms with Gasteiger partial charge >= 0.3 is 11.9 Å². The highest BCUT2D eigenvalue weighted by Gasteiger charge is 2.14. The van der Waals surface area contributed by atoms with E-state index in [9.17, 15) is 19.7 Å². The fraction of sp³-hybridized carbons (Fsp3) is 0.200. The molecule has 8 nitrogen and oxygen atoms in total. The van der Waals surface area contributed by atoms with Gasteiger partial charge in [-0.3, -0.25) is 4.79 Å². The molecule has 1 aromatic rings. The zero-order valence-electron chi connectivity index (χ0n) is 9.28. The minimum absolute atomic E-state index is 0.125. The maximum Gasteiger partial charge on any atom is 0.339 e. The molecule has 96 valence electrons. The van der Waals surface area contributed by atoms with Gasteiger partial charge in [0, 0.05) is 6.92 Å². The molecule has 0 radical (unpaired) electrons. The Bertz CT molecular complexity index is 497. The number of nitrogens with zero attached hydrogens (tertiary/aromatic N) is 1. The van der Waals surface area contributed by atoms with Crippen LogP contribution in [0.3, 0.4) is 0 Å². The molecule has 0 fully saturated rings. The molecule has 0 bridgehead atoms. The van der Waals surface area contributed by atoms with Gasteiger partial charge in [0.2, 0.25) is 0 Å². The van der Waals surface area contributed by atoms with Gasteiger partial charge in [-0.05, 0) is 17.7 Å². The Morgan fingerprint density at radius 2 is 2.11 bits per heavy atom. The summed E-state index contributed by atoms with van der Waals surface area (Å²) >= 11 is 0. The standard InChI is InChI=1S/C10H9NO7/c1-6(12)18-9-3-2-7(5-17-11(15)16)4-8(9)10(13)14/h2-4H,5H2,1H3,(H,13,14). The Kier molecular flexibility index (Phi) is 4.19. The summed E-state index contributed by atoms with van der Waals surface area (Å²) in [7, 11) is 0. The lowest BCUT2D eigenvalue weighted by atomic mass is 10.1. The molecule has 0 heterocycles. The van der Waals surface area contributed by atoms with Crippen molar-refractivity contribution in [1.29, 1.82) is 0 Å². The predicted octanol–water partition coefficient (Wildman–Crippen LogP) is 1.02. The largest absolute Gasteiger partial charge is 0.478 e. The smallest absolute Gasteiger partial charge is 0.339 e. The van der Waals surface area contributed by atoms with Crippen LogP contribution in [-0.2, 0) is 16.2 Å². The van der Waals surface area contributed by atoms with Gasteiger partial charge in [0.1, 0.15) is 17.9 Å². The Labute approximate surface area is 101 Å². The molecule has 0 saturated carbocycles. The number of benzene rings is 1. The maximum atomic E-state index is 10.9. The molecule has 1 rings (SSSR count). The van der Waals surface area contributed by atoms with Crippen LogP contribution < -0.4 is 4.74 Å². The van der Waals surface area contributed by atoms with Crippen LogP contribution in [0.1, 0.15) is 22.8 Å². The van der Waals surface area contributed by atoms with Gasteiger partial charge in [0.15, 0.2) is 0 Å². The van der Waals surface area contributed by atoms with E-state index in [2.05, 4.69) is 4.84 Å². The molecule has 0 saturated heterocycles. The first-order valence-electron chi connectivity index (χ1n) is 4.72. The van der Waals surface area contributed by atoms with Gasteiger partial charge < -0.3 is 14.7 Å². The number of hydrogen-bond acceptors (Lipinski definition) is 6. The number of esters is 1. The lowest BCUT2D eigenvalue weighted by molar-refractivity contribution is -0.763. The summed E-state index contributed by atoms with van der Waals surface area (Å²) in [6.45, 7) is 0.753. The number of hydrogen-bond donors (Lipinski definition) is 1. The fourth-order valence-corrected chi connectivity index (χ4v) is 1.21. The first kappa shape index (κ1) is 13.4. The second-order valence-corrected chi connectivity index (χ2v) is 3.23. The lowest BCUT2D eigenvalue weighted by Crippen LogP contribution is -2.08. The minimum atomic E-state index is -1.31. The Hall–Kier alpha value is -2.64. The van der Waals surface area contributed by atoms with E-state index >= 15 is 0 Å². The van der Waals surface area contributed by atoms with Gasteiger partial charge in [-0.2, -0.15) is 0 Å². The van der Waals surface area contributed by atoms with E-state index < -0.39 is 17.0 Å². The third-order valence-corrected chi connectivity index (χ3v) is 1.86. The van der Waals surface area contributed by atoms with Crippen LogP contribution in [0.2, 0.25) is 0 Å². The summed E-state index contributed by atoms with van der Waals surface area (Å²) in [4.78, 5) is 35.8. The molecule has 0 unspecified atom stereocenters. The van der Waals surface area contributed by atoms with Crippen molar-refractivity contribution in [2.45, 2.75) is 13.5 Å². The first-order chi connectivity index (χ1) is 8.40. The van der Waals surface area contributed by atoms with Crippen molar-refractivity contribution >= 4 is 11.9 Å². The van der Waals surface area contributed by atoms with E-state index in [4.69, 9.17) is 9.84 Å². The van der Waals surface area contributed by atoms with Gasteiger partial charge in [0.25, 0.3) is 5.09 Å². The van der Waals surface area contributed by atoms with Gasteiger partial charge in [-0.25, -0.2) is 4.79 Å². The molecule has 8 heteroatoms. The second kappa shape index (κ2) is 5.62. The van der Waals surface area contributed by atoms with Crippen molar-refractivity contribution in [1.82, 2.24) is 0 Å². The molecule has 0 aliphatic carbocycles. The van der Waals surface area contributed by atoms with Crippen LogP contribution >= 0.6 is 0 Å². The topological polar surface area (TPSA) is 116 Å². The van der Waals surface area contributed by atoms with Crippen molar-refractivity contribution in [3.05, 3.63) is 39.4 Å². The number of carboxylic acid groups (broad SMARTS) is 1. The molecule has 18 heavy (non-hydrogen) atoms. The summed E-state index contributed by atoms with van der Waals surface area (Å²) in [5.74, 6) is -2.10. The predicted molar refractivity (Wildman–Crippen MR) is 56.5 cm³/mol. The van der Waals surface area contributed by atoms with E-state index in [0.29, 0.717) is 0 Å². The molecule has 1 N–H and O–H groups in total. The molecule has 0 aliphatic rings. The molecule has 0 atom stereocenters. The number of carbonyl (C=O) groups is 2. The molecule has 0 aromatic heterocycles. The minimum Gasteiger partial charge on any atom is -0.478 e. The number of rotatable bonds is 5. The van der Waals surface area contributed by atoms with Crippen molar-refractivity contribution in [2.75, 3.05) is 0 Å². The van der Waals surface area contributed by atoms with Crippen molar-refractivity contribution < 1.29 is 29.4 Å². The van der Waals surface area contributed by atoms with Crippen LogP contribution in [-0.4, -0.2) is 22.1 Å². The molecule has 0 amide bonds. The quantitative estimate of drug-likeness (QED) is 0.361. The fourth-order valence-electron chi connectivity index (χ4n) is 1.21. The average molecular weight is 255 g/mol. The van der Waals surface area contributed by atoms with Crippen LogP contribution in [0, 0.1) is 10.1 Å². The van der Waals surface area contributed by atoms with Gasteiger partial charge in [-0.1, -0.05) is 6.07 Å². The van der Waals surface area contributed by atoms with Crippen LogP contribution in [0.5, 0.6) is 5.75 Å². The zero-order valence-corrected chi connectivity index (χ0v) is 9.28. The normalized spacial score (nSPS) is 9.61. The first-order valence-corrected chi connectivity index (χ1v) is 4.72. The van der Waals surface area contributed by atoms with E-state index in [1.807, 2.05) is 0 Å². The highest BCUT2D eigenvalue weighted by molar-refractivity contribution is 5.92. The average Bonchev–Trinajstić information content (AvgIpc) is 2.26. The molecule has 0 aliphatic heterocycles. The van der Waals surface area contributed by atoms with Crippen molar-refractivity contribution in [2.24, 2.45) is 0 Å². The van der Waals surface area contributed by atoms with E-state index in [-0.39, 0.29) is 23.5 Å². The van der Waals surface area contributed by atoms with Crippen LogP contribution in [0.25, 0.3) is 0 Å². The third-order valence-electron chi connectivity index (χ3n) is 1.86. The second-order valence-electron chi connectivity index (χ2n) is 3.23. The summed E-state index contributed by atoms with van der Waals surface area (Å²) in [5.41, 5.74) is 0.00894. The number of carbonyl (C=O) groups excluding carboxylic acids is 1. The Morgan fingerprint density at radius 3 is 2.61 bits per heavy atom. The summed E-state index contributed by atoms with van der Waals surface area (Å²) in [5, 5.41) is 17.9. The molecular formula is C10H9NO7. The summed E-state index contributed by atoms with van der Waals surface area (Å²) < 4.78 is 4.69. The highest BCUT2D eigenvalue weighted by atomic mass is 16.9. The van der Waals surface area contributed by atoms with E-state index in [0.717, 1.165) is 13.0 Å². The van der Waals surface area contributed by atoms with Gasteiger partial charge in [0.05, 0.1) is 0 Å². The number of aromatic carboxylic acids is 1. The maximum absolute atomic E-state index is 10.9. The summed E-state index contributed by atoms with van der Waals surface area (Å²) in [6.07, 6.45) is 0. The highest BCUT2D eigenvalue weighted by Crippen LogP contribution is 2.21. The molecular weight excluding hydrogens is 246 g/mol. The third kappa shape index (κ3) is 3.74. The molecule has 1 aromatic carbocycles. The van der Waals surface area contributed by atoms with E-state index in [1.54, 1.807) is 0 Å². The van der Waals surface area contributed by atoms with Crippen LogP contribution in [0.4, 0.5) is 0 Å². The van der Waals surface area contributed by atoms with E-state index in [1.165, 1.54) is 12.1 Å². The van der Waals surface area contributed by atoms with Crippen LogP contribution in [0.15, 0.2) is 18.2 Å².